The normalized spacial score (nSPS) is 23.6. The Morgan fingerprint density at radius 2 is 2.28 bits per heavy atom. The third-order valence-electron chi connectivity index (χ3n) is 4.19. The van der Waals surface area contributed by atoms with Gasteiger partial charge in [-0.15, -0.1) is 0 Å². The van der Waals surface area contributed by atoms with Gasteiger partial charge in [-0.1, -0.05) is 6.92 Å². The highest BCUT2D eigenvalue weighted by Gasteiger charge is 2.25. The highest BCUT2D eigenvalue weighted by molar-refractivity contribution is 5.54. The average Bonchev–Trinajstić information content (AvgIpc) is 3.12. The summed E-state index contributed by atoms with van der Waals surface area (Å²) in [4.78, 5) is 6.89. The van der Waals surface area contributed by atoms with Crippen molar-refractivity contribution < 1.29 is 0 Å². The molecule has 0 radical (unpaired) electrons. The molecule has 0 aromatic carbocycles. The van der Waals surface area contributed by atoms with Gasteiger partial charge in [-0.3, -0.25) is 4.98 Å². The fourth-order valence-electron chi connectivity index (χ4n) is 2.96. The number of nitrogens with zero attached hydrogens (tertiary/aromatic N) is 2. The molecule has 1 saturated carbocycles. The van der Waals surface area contributed by atoms with Crippen molar-refractivity contribution in [3.8, 4) is 0 Å². The van der Waals surface area contributed by atoms with E-state index in [0.717, 1.165) is 18.6 Å². The topological polar surface area (TPSA) is 28.2 Å². The van der Waals surface area contributed by atoms with Crippen LogP contribution in [0.4, 0.5) is 5.69 Å². The van der Waals surface area contributed by atoms with Crippen molar-refractivity contribution in [3.63, 3.8) is 0 Å². The van der Waals surface area contributed by atoms with Gasteiger partial charge in [-0.05, 0) is 38.2 Å². The first kappa shape index (κ1) is 12.0. The summed E-state index contributed by atoms with van der Waals surface area (Å²) in [5, 5.41) is 3.60. The van der Waals surface area contributed by atoms with Crippen molar-refractivity contribution in [2.75, 3.05) is 11.4 Å². The molecule has 1 aromatic heterocycles. The number of nitrogens with one attached hydrogen (secondary N) is 1. The Hall–Kier alpha value is -1.09. The molecule has 2 fully saturated rings. The van der Waals surface area contributed by atoms with Gasteiger partial charge < -0.3 is 10.2 Å². The minimum absolute atomic E-state index is 0.729. The fourth-order valence-corrected chi connectivity index (χ4v) is 2.96. The number of anilines is 1. The van der Waals surface area contributed by atoms with Crippen LogP contribution in [-0.2, 0) is 6.54 Å². The van der Waals surface area contributed by atoms with Crippen LogP contribution >= 0.6 is 0 Å². The van der Waals surface area contributed by atoms with Gasteiger partial charge in [0.2, 0.25) is 0 Å². The van der Waals surface area contributed by atoms with Crippen molar-refractivity contribution in [2.24, 2.45) is 0 Å². The lowest BCUT2D eigenvalue weighted by Crippen LogP contribution is -2.30. The molecule has 0 spiro atoms. The maximum atomic E-state index is 4.30. The molecule has 1 atom stereocenters. The van der Waals surface area contributed by atoms with Crippen molar-refractivity contribution in [1.82, 2.24) is 10.3 Å². The molecule has 1 N–H and O–H groups in total. The summed E-state index contributed by atoms with van der Waals surface area (Å²) in [5.41, 5.74) is 2.77. The lowest BCUT2D eigenvalue weighted by atomic mass is 10.1. The van der Waals surface area contributed by atoms with E-state index in [2.05, 4.69) is 28.2 Å². The van der Waals surface area contributed by atoms with Crippen molar-refractivity contribution in [3.05, 3.63) is 24.0 Å². The minimum atomic E-state index is 0.729. The molecule has 3 rings (SSSR count). The molecule has 1 aromatic rings. The smallest absolute Gasteiger partial charge is 0.0445 e. The standard InChI is InChI=1S/C15H23N3/c1-2-14-4-3-9-18(14)15-7-8-16-10-12(15)11-17-13-5-6-13/h7-8,10,13-14,17H,2-6,9,11H2,1H3. The van der Waals surface area contributed by atoms with Gasteiger partial charge in [0.1, 0.15) is 0 Å². The molecule has 98 valence electrons. The van der Waals surface area contributed by atoms with E-state index in [1.54, 1.807) is 0 Å². The van der Waals surface area contributed by atoms with E-state index >= 15 is 0 Å². The van der Waals surface area contributed by atoms with E-state index in [9.17, 15) is 0 Å². The Morgan fingerprint density at radius 1 is 1.39 bits per heavy atom. The van der Waals surface area contributed by atoms with Gasteiger partial charge >= 0.3 is 0 Å². The van der Waals surface area contributed by atoms with Gasteiger partial charge in [0.15, 0.2) is 0 Å². The Kier molecular flexibility index (Phi) is 3.50. The molecule has 0 bridgehead atoms. The molecular formula is C15H23N3. The first-order chi connectivity index (χ1) is 8.88. The van der Waals surface area contributed by atoms with Gasteiger partial charge in [0.05, 0.1) is 0 Å². The predicted molar refractivity (Wildman–Crippen MR) is 74.8 cm³/mol. The van der Waals surface area contributed by atoms with Crippen molar-refractivity contribution >= 4 is 5.69 Å². The largest absolute Gasteiger partial charge is 0.368 e. The third-order valence-corrected chi connectivity index (χ3v) is 4.19. The molecule has 2 heterocycles. The van der Waals surface area contributed by atoms with E-state index in [4.69, 9.17) is 0 Å². The predicted octanol–water partition coefficient (Wildman–Crippen LogP) is 2.71. The van der Waals surface area contributed by atoms with Crippen LogP contribution in [0.2, 0.25) is 0 Å². The van der Waals surface area contributed by atoms with Crippen LogP contribution in [0.5, 0.6) is 0 Å². The van der Waals surface area contributed by atoms with E-state index in [1.165, 1.54) is 49.9 Å². The first-order valence-corrected chi connectivity index (χ1v) is 7.31. The molecule has 18 heavy (non-hydrogen) atoms. The monoisotopic (exact) mass is 245 g/mol. The van der Waals surface area contributed by atoms with Crippen molar-refractivity contribution in [1.29, 1.82) is 0 Å². The Bertz CT molecular complexity index is 400. The van der Waals surface area contributed by atoms with Crippen LogP contribution in [0.25, 0.3) is 0 Å². The SMILES string of the molecule is CCC1CCCN1c1ccncc1CNC1CC1. The number of hydrogen-bond donors (Lipinski definition) is 1. The van der Waals surface area contributed by atoms with Crippen LogP contribution in [0.1, 0.15) is 44.6 Å². The molecule has 0 amide bonds. The first-order valence-electron chi connectivity index (χ1n) is 7.31. The van der Waals surface area contributed by atoms with Crippen LogP contribution in [0.15, 0.2) is 18.5 Å². The molecule has 1 aliphatic heterocycles. The summed E-state index contributed by atoms with van der Waals surface area (Å²) in [6.07, 6.45) is 10.6. The molecule has 1 aliphatic carbocycles. The minimum Gasteiger partial charge on any atom is -0.368 e. The zero-order valence-electron chi connectivity index (χ0n) is 11.2. The molecule has 2 aliphatic rings. The number of aromatic nitrogens is 1. The summed E-state index contributed by atoms with van der Waals surface area (Å²) in [7, 11) is 0. The highest BCUT2D eigenvalue weighted by atomic mass is 15.2. The molecule has 1 saturated heterocycles. The summed E-state index contributed by atoms with van der Waals surface area (Å²) >= 11 is 0. The van der Waals surface area contributed by atoms with Crippen LogP contribution < -0.4 is 10.2 Å². The summed E-state index contributed by atoms with van der Waals surface area (Å²) in [5.74, 6) is 0. The lowest BCUT2D eigenvalue weighted by Gasteiger charge is -2.28. The number of hydrogen-bond acceptors (Lipinski definition) is 3. The van der Waals surface area contributed by atoms with Crippen LogP contribution in [0, 0.1) is 0 Å². The van der Waals surface area contributed by atoms with Gasteiger partial charge in [-0.2, -0.15) is 0 Å². The summed E-state index contributed by atoms with van der Waals surface area (Å²) in [6.45, 7) is 4.48. The summed E-state index contributed by atoms with van der Waals surface area (Å²) in [6, 6.07) is 3.68. The van der Waals surface area contributed by atoms with Gasteiger partial charge in [-0.25, -0.2) is 0 Å². The fraction of sp³-hybridized carbons (Fsp3) is 0.667. The highest BCUT2D eigenvalue weighted by Crippen LogP contribution is 2.30. The Labute approximate surface area is 110 Å². The Balaban J connectivity index is 1.76. The third kappa shape index (κ3) is 2.51. The second-order valence-corrected chi connectivity index (χ2v) is 5.56. The van der Waals surface area contributed by atoms with Crippen molar-refractivity contribution in [2.45, 2.75) is 57.7 Å². The second-order valence-electron chi connectivity index (χ2n) is 5.56. The van der Waals surface area contributed by atoms with E-state index in [1.807, 2.05) is 12.4 Å². The maximum absolute atomic E-state index is 4.30. The zero-order chi connectivity index (χ0) is 12.4. The quantitative estimate of drug-likeness (QED) is 0.864. The Morgan fingerprint density at radius 3 is 3.06 bits per heavy atom. The second kappa shape index (κ2) is 5.27. The van der Waals surface area contributed by atoms with E-state index in [-0.39, 0.29) is 0 Å². The van der Waals surface area contributed by atoms with Gasteiger partial charge in [0.25, 0.3) is 0 Å². The van der Waals surface area contributed by atoms with Crippen LogP contribution in [0.3, 0.4) is 0 Å². The number of rotatable bonds is 5. The number of pyridine rings is 1. The van der Waals surface area contributed by atoms with E-state index < -0.39 is 0 Å². The average molecular weight is 245 g/mol. The maximum Gasteiger partial charge on any atom is 0.0445 e. The summed E-state index contributed by atoms with van der Waals surface area (Å²) < 4.78 is 0. The van der Waals surface area contributed by atoms with Crippen LogP contribution in [-0.4, -0.2) is 23.6 Å². The lowest BCUT2D eigenvalue weighted by molar-refractivity contribution is 0.636. The van der Waals surface area contributed by atoms with E-state index in [0.29, 0.717) is 0 Å². The molecular weight excluding hydrogens is 222 g/mol. The molecule has 3 heteroatoms. The van der Waals surface area contributed by atoms with Gasteiger partial charge in [0, 0.05) is 48.8 Å². The zero-order valence-corrected chi connectivity index (χ0v) is 11.2. The molecule has 3 nitrogen and oxygen atoms in total. The molecule has 1 unspecified atom stereocenters.